The van der Waals surface area contributed by atoms with E-state index >= 15 is 0 Å². The van der Waals surface area contributed by atoms with Gasteiger partial charge in [-0.15, -0.1) is 0 Å². The largest absolute Gasteiger partial charge is 0.466 e. The Morgan fingerprint density at radius 2 is 1.32 bits per heavy atom. The molecule has 0 aromatic carbocycles. The van der Waals surface area contributed by atoms with Gasteiger partial charge in [-0.3, -0.25) is 9.59 Å². The zero-order valence-electron chi connectivity index (χ0n) is 14.7. The molecule has 0 N–H and O–H groups in total. The van der Waals surface area contributed by atoms with Crippen LogP contribution >= 0.6 is 0 Å². The van der Waals surface area contributed by atoms with Crippen LogP contribution in [0.1, 0.15) is 85.0 Å². The lowest BCUT2D eigenvalue weighted by Crippen LogP contribution is -2.08. The van der Waals surface area contributed by atoms with Gasteiger partial charge in [0.1, 0.15) is 0 Å². The molecule has 130 valence electrons. The first-order chi connectivity index (χ1) is 10.6. The van der Waals surface area contributed by atoms with Gasteiger partial charge in [-0.25, -0.2) is 0 Å². The summed E-state index contributed by atoms with van der Waals surface area (Å²) in [5.74, 6) is 0.338. The minimum absolute atomic E-state index is 0.151. The molecule has 22 heavy (non-hydrogen) atoms. The Labute approximate surface area is 135 Å². The standard InChI is InChI=1S/C18H34O4/c1-4-5-6-9-14-21-17(19)12-7-8-13-18(20)22-15-10-11-16(2)3/h16H,4-15H2,1-3H3. The van der Waals surface area contributed by atoms with Crippen molar-refractivity contribution in [3.8, 4) is 0 Å². The highest BCUT2D eigenvalue weighted by molar-refractivity contribution is 5.70. The van der Waals surface area contributed by atoms with Gasteiger partial charge < -0.3 is 9.47 Å². The highest BCUT2D eigenvalue weighted by atomic mass is 16.5. The summed E-state index contributed by atoms with van der Waals surface area (Å²) in [5, 5.41) is 0. The first kappa shape index (κ1) is 20.9. The summed E-state index contributed by atoms with van der Waals surface area (Å²) in [4.78, 5) is 22.9. The van der Waals surface area contributed by atoms with Gasteiger partial charge in [0.05, 0.1) is 13.2 Å². The summed E-state index contributed by atoms with van der Waals surface area (Å²) < 4.78 is 10.3. The van der Waals surface area contributed by atoms with E-state index in [0.29, 0.717) is 44.8 Å². The molecule has 0 aromatic heterocycles. The smallest absolute Gasteiger partial charge is 0.305 e. The number of carbonyl (C=O) groups is 2. The second-order valence-corrected chi connectivity index (χ2v) is 6.24. The molecule has 0 heterocycles. The second kappa shape index (κ2) is 14.9. The highest BCUT2D eigenvalue weighted by Crippen LogP contribution is 2.06. The van der Waals surface area contributed by atoms with Crippen molar-refractivity contribution >= 4 is 11.9 Å². The third kappa shape index (κ3) is 15.3. The molecular formula is C18H34O4. The van der Waals surface area contributed by atoms with Gasteiger partial charge in [0, 0.05) is 12.8 Å². The molecule has 0 radical (unpaired) electrons. The molecule has 0 amide bonds. The number of unbranched alkanes of at least 4 members (excludes halogenated alkanes) is 4. The third-order valence-corrected chi connectivity index (χ3v) is 3.46. The van der Waals surface area contributed by atoms with Gasteiger partial charge in [-0.05, 0) is 38.0 Å². The van der Waals surface area contributed by atoms with E-state index in [2.05, 4.69) is 20.8 Å². The van der Waals surface area contributed by atoms with Crippen molar-refractivity contribution in [2.45, 2.75) is 85.0 Å². The molecule has 0 saturated heterocycles. The first-order valence-corrected chi connectivity index (χ1v) is 8.87. The summed E-state index contributed by atoms with van der Waals surface area (Å²) in [6.45, 7) is 7.50. The lowest BCUT2D eigenvalue weighted by molar-refractivity contribution is -0.146. The van der Waals surface area contributed by atoms with Gasteiger partial charge >= 0.3 is 11.9 Å². The average molecular weight is 314 g/mol. The van der Waals surface area contributed by atoms with Crippen LogP contribution in [0.15, 0.2) is 0 Å². The SMILES string of the molecule is CCCCCCOC(=O)CCCCC(=O)OCCCC(C)C. The topological polar surface area (TPSA) is 52.6 Å². The second-order valence-electron chi connectivity index (χ2n) is 6.24. The van der Waals surface area contributed by atoms with Gasteiger partial charge in [0.25, 0.3) is 0 Å². The Hall–Kier alpha value is -1.06. The Balaban J connectivity index is 3.36. The summed E-state index contributed by atoms with van der Waals surface area (Å²) >= 11 is 0. The summed E-state index contributed by atoms with van der Waals surface area (Å²) in [5.41, 5.74) is 0. The molecule has 0 bridgehead atoms. The zero-order valence-corrected chi connectivity index (χ0v) is 14.7. The molecule has 0 atom stereocenters. The third-order valence-electron chi connectivity index (χ3n) is 3.46. The van der Waals surface area contributed by atoms with Crippen LogP contribution in [0.5, 0.6) is 0 Å². The molecule has 4 nitrogen and oxygen atoms in total. The molecule has 0 aliphatic carbocycles. The molecule has 0 aromatic rings. The quantitative estimate of drug-likeness (QED) is 0.346. The van der Waals surface area contributed by atoms with E-state index in [1.807, 2.05) is 0 Å². The molecule has 0 rings (SSSR count). The number of hydrogen-bond donors (Lipinski definition) is 0. The lowest BCUT2D eigenvalue weighted by Gasteiger charge is -2.07. The van der Waals surface area contributed by atoms with Crippen molar-refractivity contribution < 1.29 is 19.1 Å². The van der Waals surface area contributed by atoms with E-state index in [-0.39, 0.29) is 11.9 Å². The minimum Gasteiger partial charge on any atom is -0.466 e. The highest BCUT2D eigenvalue weighted by Gasteiger charge is 2.06. The fourth-order valence-corrected chi connectivity index (χ4v) is 2.08. The average Bonchev–Trinajstić information content (AvgIpc) is 2.47. The zero-order chi connectivity index (χ0) is 16.6. The van der Waals surface area contributed by atoms with Gasteiger partial charge in [0.15, 0.2) is 0 Å². The van der Waals surface area contributed by atoms with Crippen LogP contribution in [-0.4, -0.2) is 25.2 Å². The summed E-state index contributed by atoms with van der Waals surface area (Å²) in [7, 11) is 0. The first-order valence-electron chi connectivity index (χ1n) is 8.87. The number of hydrogen-bond acceptors (Lipinski definition) is 4. The fraction of sp³-hybridized carbons (Fsp3) is 0.889. The maximum Gasteiger partial charge on any atom is 0.305 e. The molecule has 0 aliphatic rings. The molecular weight excluding hydrogens is 280 g/mol. The van der Waals surface area contributed by atoms with Crippen molar-refractivity contribution in [1.29, 1.82) is 0 Å². The minimum atomic E-state index is -0.156. The van der Waals surface area contributed by atoms with Crippen LogP contribution in [0.2, 0.25) is 0 Å². The van der Waals surface area contributed by atoms with E-state index in [1.165, 1.54) is 12.8 Å². The Kier molecular flexibility index (Phi) is 14.1. The fourth-order valence-electron chi connectivity index (χ4n) is 2.08. The molecule has 0 fully saturated rings. The number of esters is 2. The van der Waals surface area contributed by atoms with Crippen molar-refractivity contribution in [2.75, 3.05) is 13.2 Å². The van der Waals surface area contributed by atoms with E-state index in [9.17, 15) is 9.59 Å². The molecule has 0 spiro atoms. The van der Waals surface area contributed by atoms with Crippen LogP contribution < -0.4 is 0 Å². The van der Waals surface area contributed by atoms with Crippen LogP contribution in [0.4, 0.5) is 0 Å². The monoisotopic (exact) mass is 314 g/mol. The van der Waals surface area contributed by atoms with Crippen LogP contribution in [0.25, 0.3) is 0 Å². The molecule has 0 saturated carbocycles. The Morgan fingerprint density at radius 1 is 0.773 bits per heavy atom. The molecule has 0 unspecified atom stereocenters. The molecule has 4 heteroatoms. The van der Waals surface area contributed by atoms with Crippen molar-refractivity contribution in [1.82, 2.24) is 0 Å². The normalized spacial score (nSPS) is 10.7. The van der Waals surface area contributed by atoms with E-state index in [1.54, 1.807) is 0 Å². The Morgan fingerprint density at radius 3 is 1.82 bits per heavy atom. The van der Waals surface area contributed by atoms with Crippen LogP contribution in [-0.2, 0) is 19.1 Å². The summed E-state index contributed by atoms with van der Waals surface area (Å²) in [6.07, 6.45) is 8.61. The van der Waals surface area contributed by atoms with Crippen LogP contribution in [0.3, 0.4) is 0 Å². The predicted molar refractivity (Wildman–Crippen MR) is 88.6 cm³/mol. The van der Waals surface area contributed by atoms with E-state index in [4.69, 9.17) is 9.47 Å². The van der Waals surface area contributed by atoms with E-state index < -0.39 is 0 Å². The van der Waals surface area contributed by atoms with Crippen molar-refractivity contribution in [2.24, 2.45) is 5.92 Å². The predicted octanol–water partition coefficient (Wildman–Crippen LogP) is 4.65. The van der Waals surface area contributed by atoms with Crippen molar-refractivity contribution in [3.05, 3.63) is 0 Å². The van der Waals surface area contributed by atoms with Crippen molar-refractivity contribution in [3.63, 3.8) is 0 Å². The Bertz CT molecular complexity index is 287. The summed E-state index contributed by atoms with van der Waals surface area (Å²) in [6, 6.07) is 0. The number of ether oxygens (including phenoxy) is 2. The lowest BCUT2D eigenvalue weighted by atomic mass is 10.1. The van der Waals surface area contributed by atoms with Gasteiger partial charge in [0.2, 0.25) is 0 Å². The maximum absolute atomic E-state index is 11.5. The number of rotatable bonds is 14. The maximum atomic E-state index is 11.5. The van der Waals surface area contributed by atoms with Crippen LogP contribution in [0, 0.1) is 5.92 Å². The molecule has 0 aliphatic heterocycles. The van der Waals surface area contributed by atoms with Gasteiger partial charge in [-0.2, -0.15) is 0 Å². The van der Waals surface area contributed by atoms with Gasteiger partial charge in [-0.1, -0.05) is 40.0 Å². The van der Waals surface area contributed by atoms with E-state index in [0.717, 1.165) is 25.7 Å². The number of carbonyl (C=O) groups excluding carboxylic acids is 2.